The molecule has 0 saturated heterocycles. The van der Waals surface area contributed by atoms with Gasteiger partial charge in [-0.3, -0.25) is 0 Å². The molecule has 2 aromatic rings. The topological polar surface area (TPSA) is 33.1 Å². The summed E-state index contributed by atoms with van der Waals surface area (Å²) in [4.78, 5) is 4.42. The van der Waals surface area contributed by atoms with Gasteiger partial charge in [-0.2, -0.15) is 0 Å². The Kier molecular flexibility index (Phi) is 3.69. The van der Waals surface area contributed by atoms with Gasteiger partial charge in [-0.15, -0.1) is 11.3 Å². The zero-order valence-electron chi connectivity index (χ0n) is 9.77. The molecule has 0 aliphatic rings. The third-order valence-electron chi connectivity index (χ3n) is 2.27. The Morgan fingerprint density at radius 3 is 3.00 bits per heavy atom. The lowest BCUT2D eigenvalue weighted by Gasteiger charge is -2.01. The van der Waals surface area contributed by atoms with Crippen LogP contribution in [0.4, 0.5) is 0 Å². The minimum atomic E-state index is 0.380. The fourth-order valence-corrected chi connectivity index (χ4v) is 2.68. The van der Waals surface area contributed by atoms with Gasteiger partial charge in [0.25, 0.3) is 0 Å². The number of thiazole rings is 1. The Labute approximate surface area is 110 Å². The van der Waals surface area contributed by atoms with Crippen molar-refractivity contribution in [2.24, 2.45) is 5.92 Å². The van der Waals surface area contributed by atoms with Gasteiger partial charge in [-0.25, -0.2) is 4.98 Å². The van der Waals surface area contributed by atoms with Crippen LogP contribution in [0.1, 0.15) is 25.3 Å². The van der Waals surface area contributed by atoms with Crippen molar-refractivity contribution in [3.8, 4) is 0 Å². The number of hydrogen-bond acceptors (Lipinski definition) is 3. The number of allylic oxidation sites excluding steroid dienone is 1. The van der Waals surface area contributed by atoms with Gasteiger partial charge in [0.2, 0.25) is 0 Å². The van der Waals surface area contributed by atoms with E-state index in [0.717, 1.165) is 15.2 Å². The van der Waals surface area contributed by atoms with Crippen LogP contribution in [0.3, 0.4) is 0 Å². The lowest BCUT2D eigenvalue weighted by molar-refractivity contribution is 0.370. The highest BCUT2D eigenvalue weighted by Crippen LogP contribution is 2.26. The first-order valence-corrected chi connectivity index (χ1v) is 6.69. The van der Waals surface area contributed by atoms with Gasteiger partial charge < -0.3 is 5.11 Å². The summed E-state index contributed by atoms with van der Waals surface area (Å²) < 4.78 is 1.08. The molecule has 0 aliphatic heterocycles. The van der Waals surface area contributed by atoms with E-state index in [1.54, 1.807) is 17.4 Å². The van der Waals surface area contributed by atoms with Gasteiger partial charge in [0.05, 0.1) is 16.0 Å². The van der Waals surface area contributed by atoms with Crippen LogP contribution in [0.15, 0.2) is 24.0 Å². The SMILES string of the molecule is CC(C)CC(O)=Cc1nc2cc(Cl)ccc2s1. The lowest BCUT2D eigenvalue weighted by atomic mass is 10.1. The smallest absolute Gasteiger partial charge is 0.120 e. The quantitative estimate of drug-likeness (QED) is 0.803. The normalized spacial score (nSPS) is 12.6. The highest BCUT2D eigenvalue weighted by atomic mass is 35.5. The van der Waals surface area contributed by atoms with Crippen LogP contribution in [0.5, 0.6) is 0 Å². The van der Waals surface area contributed by atoms with Gasteiger partial charge >= 0.3 is 0 Å². The van der Waals surface area contributed by atoms with E-state index in [2.05, 4.69) is 18.8 Å². The molecule has 0 unspecified atom stereocenters. The Balaban J connectivity index is 2.30. The molecule has 0 fully saturated rings. The number of benzene rings is 1. The monoisotopic (exact) mass is 267 g/mol. The summed E-state index contributed by atoms with van der Waals surface area (Å²) in [6.45, 7) is 4.14. The van der Waals surface area contributed by atoms with Crippen LogP contribution in [0, 0.1) is 5.92 Å². The van der Waals surface area contributed by atoms with Crippen molar-refractivity contribution in [3.05, 3.63) is 34.0 Å². The van der Waals surface area contributed by atoms with Crippen LogP contribution in [0.25, 0.3) is 16.3 Å². The van der Waals surface area contributed by atoms with E-state index in [4.69, 9.17) is 11.6 Å². The fourth-order valence-electron chi connectivity index (χ4n) is 1.60. The standard InChI is InChI=1S/C13H14ClNOS/c1-8(2)5-10(16)7-13-15-11-6-9(14)3-4-12(11)17-13/h3-4,6-8,16H,5H2,1-2H3. The molecule has 4 heteroatoms. The summed E-state index contributed by atoms with van der Waals surface area (Å²) in [7, 11) is 0. The molecule has 0 bridgehead atoms. The van der Waals surface area contributed by atoms with Crippen molar-refractivity contribution in [3.63, 3.8) is 0 Å². The molecule has 17 heavy (non-hydrogen) atoms. The molecule has 1 heterocycles. The van der Waals surface area contributed by atoms with Gasteiger partial charge in [-0.1, -0.05) is 25.4 Å². The van der Waals surface area contributed by atoms with Crippen molar-refractivity contribution in [2.45, 2.75) is 20.3 Å². The lowest BCUT2D eigenvalue weighted by Crippen LogP contribution is -1.89. The second-order valence-electron chi connectivity index (χ2n) is 4.40. The summed E-state index contributed by atoms with van der Waals surface area (Å²) >= 11 is 7.46. The van der Waals surface area contributed by atoms with E-state index in [9.17, 15) is 5.11 Å². The Morgan fingerprint density at radius 2 is 2.29 bits per heavy atom. The molecule has 0 atom stereocenters. The van der Waals surface area contributed by atoms with E-state index >= 15 is 0 Å². The van der Waals surface area contributed by atoms with E-state index in [0.29, 0.717) is 23.1 Å². The van der Waals surface area contributed by atoms with E-state index in [-0.39, 0.29) is 0 Å². The number of rotatable bonds is 3. The minimum absolute atomic E-state index is 0.380. The third-order valence-corrected chi connectivity index (χ3v) is 3.49. The summed E-state index contributed by atoms with van der Waals surface area (Å²) in [5.74, 6) is 0.820. The second kappa shape index (κ2) is 5.07. The van der Waals surface area contributed by atoms with Crippen LogP contribution in [0.2, 0.25) is 5.02 Å². The predicted molar refractivity (Wildman–Crippen MR) is 74.7 cm³/mol. The average Bonchev–Trinajstić information content (AvgIpc) is 2.57. The molecule has 90 valence electrons. The number of hydrogen-bond donors (Lipinski definition) is 1. The number of aromatic nitrogens is 1. The van der Waals surface area contributed by atoms with Crippen molar-refractivity contribution in [2.75, 3.05) is 0 Å². The molecule has 2 rings (SSSR count). The van der Waals surface area contributed by atoms with E-state index in [1.807, 2.05) is 18.2 Å². The maximum Gasteiger partial charge on any atom is 0.120 e. The fraction of sp³-hybridized carbons (Fsp3) is 0.308. The first-order chi connectivity index (χ1) is 8.04. The molecule has 0 saturated carbocycles. The van der Waals surface area contributed by atoms with Gasteiger partial charge in [0, 0.05) is 17.5 Å². The molecule has 0 radical (unpaired) electrons. The Morgan fingerprint density at radius 1 is 1.53 bits per heavy atom. The molecule has 2 nitrogen and oxygen atoms in total. The summed E-state index contributed by atoms with van der Waals surface area (Å²) in [6.07, 6.45) is 2.41. The zero-order chi connectivity index (χ0) is 12.4. The molecule has 1 aromatic heterocycles. The molecule has 0 spiro atoms. The van der Waals surface area contributed by atoms with E-state index in [1.165, 1.54) is 0 Å². The van der Waals surface area contributed by atoms with Crippen molar-refractivity contribution in [1.29, 1.82) is 0 Å². The van der Waals surface area contributed by atoms with Crippen molar-refractivity contribution >= 4 is 39.2 Å². The van der Waals surface area contributed by atoms with Crippen LogP contribution in [-0.4, -0.2) is 10.1 Å². The molecule has 0 amide bonds. The van der Waals surface area contributed by atoms with Crippen molar-refractivity contribution < 1.29 is 5.11 Å². The maximum atomic E-state index is 9.75. The number of fused-ring (bicyclic) bond motifs is 1. The summed E-state index contributed by atoms with van der Waals surface area (Å²) in [6, 6.07) is 5.64. The van der Waals surface area contributed by atoms with Gasteiger partial charge in [0.15, 0.2) is 0 Å². The Bertz CT molecular complexity index is 560. The molecule has 0 aliphatic carbocycles. The first-order valence-electron chi connectivity index (χ1n) is 5.50. The Hall–Kier alpha value is -1.06. The zero-order valence-corrected chi connectivity index (χ0v) is 11.3. The van der Waals surface area contributed by atoms with Crippen molar-refractivity contribution in [1.82, 2.24) is 4.98 Å². The number of nitrogens with zero attached hydrogens (tertiary/aromatic N) is 1. The summed E-state index contributed by atoms with van der Waals surface area (Å²) in [5, 5.41) is 11.3. The van der Waals surface area contributed by atoms with Crippen LogP contribution >= 0.6 is 22.9 Å². The number of aliphatic hydroxyl groups excluding tert-OH is 1. The average molecular weight is 268 g/mol. The molecular formula is C13H14ClNOS. The van der Waals surface area contributed by atoms with E-state index < -0.39 is 0 Å². The minimum Gasteiger partial charge on any atom is -0.512 e. The molecular weight excluding hydrogens is 254 g/mol. The highest BCUT2D eigenvalue weighted by molar-refractivity contribution is 7.19. The summed E-state index contributed by atoms with van der Waals surface area (Å²) in [5.41, 5.74) is 0.881. The largest absolute Gasteiger partial charge is 0.512 e. The number of aliphatic hydroxyl groups is 1. The highest BCUT2D eigenvalue weighted by Gasteiger charge is 2.04. The van der Waals surface area contributed by atoms with Gasteiger partial charge in [-0.05, 0) is 24.1 Å². The first kappa shape index (κ1) is 12.4. The second-order valence-corrected chi connectivity index (χ2v) is 5.90. The third kappa shape index (κ3) is 3.20. The van der Waals surface area contributed by atoms with Crippen LogP contribution in [-0.2, 0) is 0 Å². The number of halogens is 1. The maximum absolute atomic E-state index is 9.75. The molecule has 1 N–H and O–H groups in total. The van der Waals surface area contributed by atoms with Gasteiger partial charge in [0.1, 0.15) is 5.01 Å². The molecule has 1 aromatic carbocycles. The predicted octanol–water partition coefficient (Wildman–Crippen LogP) is 4.89. The van der Waals surface area contributed by atoms with Crippen LogP contribution < -0.4 is 0 Å².